The monoisotopic (exact) mass is 275 g/mol. The van der Waals surface area contributed by atoms with E-state index in [-0.39, 0.29) is 10.8 Å². The summed E-state index contributed by atoms with van der Waals surface area (Å²) in [5, 5.41) is 8.69. The SMILES string of the molecule is O=S(=O)(NCC(F)(F)F)c1ccc(CO)s1. The van der Waals surface area contributed by atoms with Gasteiger partial charge in [0, 0.05) is 4.88 Å². The molecule has 1 heterocycles. The maximum atomic E-state index is 11.8. The molecule has 16 heavy (non-hydrogen) atoms. The molecule has 1 rings (SSSR count). The van der Waals surface area contributed by atoms with Gasteiger partial charge in [-0.15, -0.1) is 11.3 Å². The Balaban J connectivity index is 2.78. The molecule has 0 bridgehead atoms. The van der Waals surface area contributed by atoms with Crippen LogP contribution in [0.15, 0.2) is 16.3 Å². The summed E-state index contributed by atoms with van der Waals surface area (Å²) < 4.78 is 59.3. The van der Waals surface area contributed by atoms with Gasteiger partial charge in [0.1, 0.15) is 10.8 Å². The van der Waals surface area contributed by atoms with Gasteiger partial charge in [-0.05, 0) is 12.1 Å². The molecule has 92 valence electrons. The van der Waals surface area contributed by atoms with Gasteiger partial charge in [0.15, 0.2) is 0 Å². The molecule has 0 aliphatic rings. The molecule has 0 spiro atoms. The summed E-state index contributed by atoms with van der Waals surface area (Å²) in [7, 11) is -4.15. The number of hydrogen-bond donors (Lipinski definition) is 2. The van der Waals surface area contributed by atoms with Crippen molar-refractivity contribution < 1.29 is 26.7 Å². The smallest absolute Gasteiger partial charge is 0.391 e. The Morgan fingerprint density at radius 1 is 1.38 bits per heavy atom. The van der Waals surface area contributed by atoms with E-state index >= 15 is 0 Å². The summed E-state index contributed by atoms with van der Waals surface area (Å²) in [6.07, 6.45) is -4.59. The Bertz CT molecular complexity index is 452. The second-order valence-corrected chi connectivity index (χ2v) is 5.98. The molecule has 1 aromatic rings. The number of hydrogen-bond acceptors (Lipinski definition) is 4. The van der Waals surface area contributed by atoms with E-state index in [1.54, 1.807) is 0 Å². The van der Waals surface area contributed by atoms with Crippen LogP contribution >= 0.6 is 11.3 Å². The molecule has 0 saturated heterocycles. The van der Waals surface area contributed by atoms with Gasteiger partial charge in [0.2, 0.25) is 10.0 Å². The summed E-state index contributed by atoms with van der Waals surface area (Å²) in [6.45, 7) is -1.96. The fraction of sp³-hybridized carbons (Fsp3) is 0.429. The maximum absolute atomic E-state index is 11.8. The van der Waals surface area contributed by atoms with Crippen LogP contribution in [0, 0.1) is 0 Å². The van der Waals surface area contributed by atoms with E-state index in [1.165, 1.54) is 10.8 Å². The minimum absolute atomic E-state index is 0.249. The van der Waals surface area contributed by atoms with Crippen molar-refractivity contribution in [3.05, 3.63) is 17.0 Å². The second kappa shape index (κ2) is 4.70. The highest BCUT2D eigenvalue weighted by Crippen LogP contribution is 2.22. The summed E-state index contributed by atoms with van der Waals surface area (Å²) in [5.74, 6) is 0. The first-order valence-electron chi connectivity index (χ1n) is 4.00. The number of halogens is 3. The van der Waals surface area contributed by atoms with Gasteiger partial charge >= 0.3 is 6.18 Å². The van der Waals surface area contributed by atoms with Gasteiger partial charge in [-0.1, -0.05) is 0 Å². The van der Waals surface area contributed by atoms with E-state index in [0.717, 1.165) is 17.4 Å². The summed E-state index contributed by atoms with van der Waals surface area (Å²) >= 11 is 0.723. The van der Waals surface area contributed by atoms with Crippen LogP contribution in [0.1, 0.15) is 4.88 Å². The van der Waals surface area contributed by atoms with Crippen molar-refractivity contribution >= 4 is 21.4 Å². The van der Waals surface area contributed by atoms with Crippen LogP contribution in [0.4, 0.5) is 13.2 Å². The van der Waals surface area contributed by atoms with Crippen molar-refractivity contribution in [3.63, 3.8) is 0 Å². The minimum Gasteiger partial charge on any atom is -0.391 e. The van der Waals surface area contributed by atoms with Gasteiger partial charge in [-0.2, -0.15) is 13.2 Å². The molecular formula is C7H8F3NO3S2. The van der Waals surface area contributed by atoms with Crippen LogP contribution in [0.3, 0.4) is 0 Å². The van der Waals surface area contributed by atoms with E-state index in [4.69, 9.17) is 5.11 Å². The Morgan fingerprint density at radius 3 is 2.44 bits per heavy atom. The molecule has 0 amide bonds. The fourth-order valence-corrected chi connectivity index (χ4v) is 3.11. The fourth-order valence-electron chi connectivity index (χ4n) is 0.836. The first-order valence-corrected chi connectivity index (χ1v) is 6.30. The highest BCUT2D eigenvalue weighted by atomic mass is 32.2. The predicted octanol–water partition coefficient (Wildman–Crippen LogP) is 1.08. The largest absolute Gasteiger partial charge is 0.402 e. The number of rotatable bonds is 4. The van der Waals surface area contributed by atoms with Crippen LogP contribution in [-0.2, 0) is 16.6 Å². The topological polar surface area (TPSA) is 66.4 Å². The van der Waals surface area contributed by atoms with Crippen LogP contribution < -0.4 is 4.72 Å². The number of aliphatic hydroxyl groups excluding tert-OH is 1. The molecule has 4 nitrogen and oxygen atoms in total. The molecule has 0 aliphatic carbocycles. The number of aliphatic hydroxyl groups is 1. The average Bonchev–Trinajstić information content (AvgIpc) is 2.62. The predicted molar refractivity (Wildman–Crippen MR) is 51.5 cm³/mol. The Hall–Kier alpha value is -0.640. The normalized spacial score (nSPS) is 13.0. The van der Waals surface area contributed by atoms with Crippen LogP contribution in [0.2, 0.25) is 0 Å². The lowest BCUT2D eigenvalue weighted by Gasteiger charge is -2.07. The van der Waals surface area contributed by atoms with Gasteiger partial charge in [0.25, 0.3) is 0 Å². The third-order valence-corrected chi connectivity index (χ3v) is 4.48. The number of alkyl halides is 3. The number of nitrogens with one attached hydrogen (secondary N) is 1. The Kier molecular flexibility index (Phi) is 3.94. The maximum Gasteiger partial charge on any atom is 0.402 e. The molecule has 2 N–H and O–H groups in total. The van der Waals surface area contributed by atoms with Crippen molar-refractivity contribution in [2.24, 2.45) is 0 Å². The van der Waals surface area contributed by atoms with E-state index in [1.807, 2.05) is 0 Å². The highest BCUT2D eigenvalue weighted by Gasteiger charge is 2.30. The zero-order valence-electron chi connectivity index (χ0n) is 7.78. The molecular weight excluding hydrogens is 267 g/mol. The Morgan fingerprint density at radius 2 is 2.00 bits per heavy atom. The van der Waals surface area contributed by atoms with E-state index < -0.39 is 22.7 Å². The van der Waals surface area contributed by atoms with Crippen molar-refractivity contribution in [1.29, 1.82) is 0 Å². The standard InChI is InChI=1S/C7H8F3NO3S2/c8-7(9,10)4-11-16(13,14)6-2-1-5(3-12)15-6/h1-2,11-12H,3-4H2. The molecule has 0 aromatic carbocycles. The highest BCUT2D eigenvalue weighted by molar-refractivity contribution is 7.91. The van der Waals surface area contributed by atoms with E-state index in [9.17, 15) is 21.6 Å². The number of thiophene rings is 1. The average molecular weight is 275 g/mol. The van der Waals surface area contributed by atoms with Crippen molar-refractivity contribution in [2.75, 3.05) is 6.54 Å². The first kappa shape index (κ1) is 13.4. The summed E-state index contributed by atoms with van der Waals surface area (Å²) in [6, 6.07) is 2.49. The lowest BCUT2D eigenvalue weighted by Crippen LogP contribution is -2.33. The molecule has 0 aliphatic heterocycles. The third-order valence-electron chi connectivity index (χ3n) is 1.52. The van der Waals surface area contributed by atoms with Crippen LogP contribution in [-0.4, -0.2) is 26.2 Å². The first-order chi connectivity index (χ1) is 7.24. The van der Waals surface area contributed by atoms with E-state index in [2.05, 4.69) is 0 Å². The van der Waals surface area contributed by atoms with Gasteiger partial charge in [-0.3, -0.25) is 0 Å². The summed E-state index contributed by atoms with van der Waals surface area (Å²) in [4.78, 5) is 0.368. The number of sulfonamides is 1. The minimum atomic E-state index is -4.59. The molecule has 0 saturated carbocycles. The molecule has 1 aromatic heterocycles. The molecule has 0 fully saturated rings. The second-order valence-electron chi connectivity index (χ2n) is 2.82. The zero-order valence-corrected chi connectivity index (χ0v) is 9.42. The molecule has 0 radical (unpaired) electrons. The van der Waals surface area contributed by atoms with E-state index in [0.29, 0.717) is 4.88 Å². The van der Waals surface area contributed by atoms with Gasteiger partial charge < -0.3 is 5.11 Å². The molecule has 0 atom stereocenters. The lowest BCUT2D eigenvalue weighted by atomic mass is 10.5. The Labute approximate surface area is 93.8 Å². The lowest BCUT2D eigenvalue weighted by molar-refractivity contribution is -0.121. The van der Waals surface area contributed by atoms with Gasteiger partial charge in [-0.25, -0.2) is 13.1 Å². The van der Waals surface area contributed by atoms with Gasteiger partial charge in [0.05, 0.1) is 6.61 Å². The quantitative estimate of drug-likeness (QED) is 0.864. The summed E-state index contributed by atoms with van der Waals surface area (Å²) in [5.41, 5.74) is 0. The zero-order chi connectivity index (χ0) is 12.4. The third kappa shape index (κ3) is 3.74. The molecule has 0 unspecified atom stereocenters. The van der Waals surface area contributed by atoms with Crippen molar-refractivity contribution in [3.8, 4) is 0 Å². The van der Waals surface area contributed by atoms with Crippen LogP contribution in [0.25, 0.3) is 0 Å². The van der Waals surface area contributed by atoms with Crippen molar-refractivity contribution in [1.82, 2.24) is 4.72 Å². The van der Waals surface area contributed by atoms with Crippen molar-refractivity contribution in [2.45, 2.75) is 17.0 Å². The van der Waals surface area contributed by atoms with Crippen LogP contribution in [0.5, 0.6) is 0 Å². The molecule has 9 heteroatoms.